The normalized spacial score (nSPS) is 10.7. The van der Waals surface area contributed by atoms with Gasteiger partial charge in [-0.15, -0.1) is 0 Å². The van der Waals surface area contributed by atoms with Crippen LogP contribution in [0.4, 0.5) is 0 Å². The highest BCUT2D eigenvalue weighted by atomic mass is 35.5. The summed E-state index contributed by atoms with van der Waals surface area (Å²) < 4.78 is 10.3. The number of allylic oxidation sites excluding steroid dienone is 1. The van der Waals surface area contributed by atoms with E-state index >= 15 is 0 Å². The van der Waals surface area contributed by atoms with Crippen LogP contribution in [0.3, 0.4) is 0 Å². The van der Waals surface area contributed by atoms with Gasteiger partial charge in [0.15, 0.2) is 5.78 Å². The zero-order chi connectivity index (χ0) is 16.1. The molecule has 0 radical (unpaired) electrons. The molecule has 0 atom stereocenters. The Hall–Kier alpha value is -1.97. The second kappa shape index (κ2) is 7.34. The summed E-state index contributed by atoms with van der Waals surface area (Å²) in [5.41, 5.74) is 1.16. The lowest BCUT2D eigenvalue weighted by molar-refractivity contribution is 0.104. The molecule has 0 spiro atoms. The quantitative estimate of drug-likeness (QED) is 0.575. The van der Waals surface area contributed by atoms with Gasteiger partial charge in [-0.05, 0) is 42.0 Å². The Balaban J connectivity index is 2.27. The number of hydrogen-bond acceptors (Lipinski definition) is 3. The van der Waals surface area contributed by atoms with Gasteiger partial charge in [0.1, 0.15) is 11.5 Å². The first-order valence-electron chi connectivity index (χ1n) is 6.44. The molecule has 0 aliphatic rings. The fourth-order valence-corrected chi connectivity index (χ4v) is 2.37. The molecular formula is C17H14Cl2O3. The maximum Gasteiger partial charge on any atom is 0.189 e. The molecule has 114 valence electrons. The highest BCUT2D eigenvalue weighted by Crippen LogP contribution is 2.26. The molecule has 0 aliphatic heterocycles. The molecule has 0 fully saturated rings. The Kier molecular flexibility index (Phi) is 5.47. The molecule has 0 unspecified atom stereocenters. The van der Waals surface area contributed by atoms with E-state index in [1.54, 1.807) is 49.6 Å². The van der Waals surface area contributed by atoms with Crippen LogP contribution < -0.4 is 9.47 Å². The number of ketones is 1. The molecule has 22 heavy (non-hydrogen) atoms. The minimum absolute atomic E-state index is 0.189. The molecule has 0 aliphatic carbocycles. The third-order valence-corrected chi connectivity index (χ3v) is 3.61. The molecule has 0 aromatic heterocycles. The average Bonchev–Trinajstić information content (AvgIpc) is 2.53. The van der Waals surface area contributed by atoms with Crippen LogP contribution in [0.15, 0.2) is 42.5 Å². The van der Waals surface area contributed by atoms with Crippen molar-refractivity contribution in [2.75, 3.05) is 14.2 Å². The zero-order valence-corrected chi connectivity index (χ0v) is 13.6. The summed E-state index contributed by atoms with van der Waals surface area (Å²) in [6.45, 7) is 0. The van der Waals surface area contributed by atoms with E-state index in [0.717, 1.165) is 0 Å². The van der Waals surface area contributed by atoms with Crippen LogP contribution in [-0.4, -0.2) is 20.0 Å². The maximum absolute atomic E-state index is 12.3. The summed E-state index contributed by atoms with van der Waals surface area (Å²) in [5, 5.41) is 1.03. The lowest BCUT2D eigenvalue weighted by atomic mass is 10.1. The standard InChI is InChI=1S/C17H14Cl2O3/c1-21-13-6-7-14(17(10-13)22-2)16(20)8-4-11-3-5-12(18)9-15(11)19/h3-10H,1-2H3/b8-4+. The van der Waals surface area contributed by atoms with Gasteiger partial charge in [-0.2, -0.15) is 0 Å². The van der Waals surface area contributed by atoms with Crippen LogP contribution in [0.25, 0.3) is 6.08 Å². The van der Waals surface area contributed by atoms with E-state index in [1.807, 2.05) is 0 Å². The smallest absolute Gasteiger partial charge is 0.189 e. The predicted octanol–water partition coefficient (Wildman–Crippen LogP) is 4.91. The van der Waals surface area contributed by atoms with Gasteiger partial charge in [0.25, 0.3) is 0 Å². The Labute approximate surface area is 139 Å². The average molecular weight is 337 g/mol. The van der Waals surface area contributed by atoms with Gasteiger partial charge in [0.05, 0.1) is 19.8 Å². The fraction of sp³-hybridized carbons (Fsp3) is 0.118. The molecule has 0 amide bonds. The third kappa shape index (κ3) is 3.81. The van der Waals surface area contributed by atoms with Crippen molar-refractivity contribution in [2.45, 2.75) is 0 Å². The number of rotatable bonds is 5. The number of methoxy groups -OCH3 is 2. The van der Waals surface area contributed by atoms with Crippen LogP contribution in [0.1, 0.15) is 15.9 Å². The van der Waals surface area contributed by atoms with Crippen LogP contribution >= 0.6 is 23.2 Å². The molecule has 0 bridgehead atoms. The lowest BCUT2D eigenvalue weighted by Gasteiger charge is -2.08. The molecular weight excluding hydrogens is 323 g/mol. The number of carbonyl (C=O) groups is 1. The number of ether oxygens (including phenoxy) is 2. The van der Waals surface area contributed by atoms with Gasteiger partial charge in [0, 0.05) is 16.1 Å². The Bertz CT molecular complexity index is 724. The molecule has 0 saturated heterocycles. The summed E-state index contributed by atoms with van der Waals surface area (Å²) in [4.78, 5) is 12.3. The number of benzene rings is 2. The molecule has 3 nitrogen and oxygen atoms in total. The van der Waals surface area contributed by atoms with E-state index in [4.69, 9.17) is 32.7 Å². The SMILES string of the molecule is COc1ccc(C(=O)/C=C/c2ccc(Cl)cc2Cl)c(OC)c1. The number of halogens is 2. The molecule has 0 N–H and O–H groups in total. The summed E-state index contributed by atoms with van der Waals surface area (Å²) in [5.74, 6) is 0.889. The van der Waals surface area contributed by atoms with E-state index < -0.39 is 0 Å². The highest BCUT2D eigenvalue weighted by Gasteiger charge is 2.11. The summed E-state index contributed by atoms with van der Waals surface area (Å²) in [6.07, 6.45) is 3.09. The van der Waals surface area contributed by atoms with Crippen molar-refractivity contribution in [3.8, 4) is 11.5 Å². The summed E-state index contributed by atoms with van der Waals surface area (Å²) in [7, 11) is 3.06. The molecule has 0 heterocycles. The Morgan fingerprint density at radius 3 is 2.45 bits per heavy atom. The molecule has 5 heteroatoms. The molecule has 2 aromatic carbocycles. The summed E-state index contributed by atoms with van der Waals surface area (Å²) >= 11 is 11.9. The minimum Gasteiger partial charge on any atom is -0.497 e. The van der Waals surface area contributed by atoms with Crippen LogP contribution in [0.2, 0.25) is 10.0 Å². The van der Waals surface area contributed by atoms with Gasteiger partial charge in [-0.25, -0.2) is 0 Å². The lowest BCUT2D eigenvalue weighted by Crippen LogP contribution is -1.99. The first-order chi connectivity index (χ1) is 10.5. The Morgan fingerprint density at radius 2 is 1.82 bits per heavy atom. The Morgan fingerprint density at radius 1 is 1.05 bits per heavy atom. The van der Waals surface area contributed by atoms with Gasteiger partial charge in [-0.1, -0.05) is 29.3 Å². The van der Waals surface area contributed by atoms with Crippen molar-refractivity contribution in [3.05, 3.63) is 63.6 Å². The van der Waals surface area contributed by atoms with E-state index in [9.17, 15) is 4.79 Å². The van der Waals surface area contributed by atoms with Crippen molar-refractivity contribution in [2.24, 2.45) is 0 Å². The van der Waals surface area contributed by atoms with E-state index in [0.29, 0.717) is 32.7 Å². The predicted molar refractivity (Wildman–Crippen MR) is 89.4 cm³/mol. The van der Waals surface area contributed by atoms with E-state index in [-0.39, 0.29) is 5.78 Å². The number of carbonyl (C=O) groups excluding carboxylic acids is 1. The van der Waals surface area contributed by atoms with Crippen molar-refractivity contribution < 1.29 is 14.3 Å². The maximum atomic E-state index is 12.3. The topological polar surface area (TPSA) is 35.5 Å². The van der Waals surface area contributed by atoms with Crippen molar-refractivity contribution in [1.29, 1.82) is 0 Å². The summed E-state index contributed by atoms with van der Waals surface area (Å²) in [6, 6.07) is 10.1. The highest BCUT2D eigenvalue weighted by molar-refractivity contribution is 6.35. The monoisotopic (exact) mass is 336 g/mol. The van der Waals surface area contributed by atoms with Crippen molar-refractivity contribution >= 4 is 35.1 Å². The van der Waals surface area contributed by atoms with Crippen LogP contribution in [0.5, 0.6) is 11.5 Å². The first-order valence-corrected chi connectivity index (χ1v) is 7.20. The largest absolute Gasteiger partial charge is 0.497 e. The molecule has 2 aromatic rings. The van der Waals surface area contributed by atoms with Gasteiger partial charge < -0.3 is 9.47 Å². The van der Waals surface area contributed by atoms with Crippen molar-refractivity contribution in [3.63, 3.8) is 0 Å². The second-order valence-electron chi connectivity index (χ2n) is 4.43. The van der Waals surface area contributed by atoms with Gasteiger partial charge >= 0.3 is 0 Å². The van der Waals surface area contributed by atoms with E-state index in [2.05, 4.69) is 0 Å². The van der Waals surface area contributed by atoms with Crippen LogP contribution in [0, 0.1) is 0 Å². The minimum atomic E-state index is -0.189. The third-order valence-electron chi connectivity index (χ3n) is 3.05. The first kappa shape index (κ1) is 16.4. The molecule has 2 rings (SSSR count). The van der Waals surface area contributed by atoms with Crippen LogP contribution in [-0.2, 0) is 0 Å². The van der Waals surface area contributed by atoms with Gasteiger partial charge in [-0.3, -0.25) is 4.79 Å². The fourth-order valence-electron chi connectivity index (χ4n) is 1.89. The van der Waals surface area contributed by atoms with Crippen molar-refractivity contribution in [1.82, 2.24) is 0 Å². The van der Waals surface area contributed by atoms with E-state index in [1.165, 1.54) is 13.2 Å². The number of hydrogen-bond donors (Lipinski definition) is 0. The van der Waals surface area contributed by atoms with Gasteiger partial charge in [0.2, 0.25) is 0 Å². The molecule has 0 saturated carbocycles. The zero-order valence-electron chi connectivity index (χ0n) is 12.1. The second-order valence-corrected chi connectivity index (χ2v) is 5.27.